The zero-order valence-electron chi connectivity index (χ0n) is 16.1. The summed E-state index contributed by atoms with van der Waals surface area (Å²) < 4.78 is 11.0. The molecule has 0 saturated carbocycles. The molecule has 1 unspecified atom stereocenters. The lowest BCUT2D eigenvalue weighted by Crippen LogP contribution is -2.57. The van der Waals surface area contributed by atoms with Gasteiger partial charge in [-0.15, -0.1) is 0 Å². The summed E-state index contributed by atoms with van der Waals surface area (Å²) in [6.45, 7) is 10.8. The summed E-state index contributed by atoms with van der Waals surface area (Å²) in [6, 6.07) is -0.180. The molecule has 7 heteroatoms. The molecular formula is C18H31NO6. The molecule has 0 radical (unpaired) electrons. The lowest BCUT2D eigenvalue weighted by atomic mass is 9.86. The quantitative estimate of drug-likeness (QED) is 0.749. The van der Waals surface area contributed by atoms with Gasteiger partial charge in [-0.25, -0.2) is 0 Å². The molecule has 2 aliphatic rings. The first-order chi connectivity index (χ1) is 11.4. The Hall–Kier alpha value is -1.18. The monoisotopic (exact) mass is 357 g/mol. The number of esters is 2. The average molecular weight is 357 g/mol. The molecule has 2 heterocycles. The largest absolute Gasteiger partial charge is 0.463 e. The van der Waals surface area contributed by atoms with Gasteiger partial charge in [-0.3, -0.25) is 14.4 Å². The maximum atomic E-state index is 12.2. The SMILES string of the molecule is CC(C)(C)C(=O)OCC1(COC(=O)C(C)(C)C)C[C@H]2C[C@H](CO)N1O2. The van der Waals surface area contributed by atoms with Crippen molar-refractivity contribution in [1.82, 2.24) is 5.06 Å². The molecule has 2 saturated heterocycles. The zero-order valence-corrected chi connectivity index (χ0v) is 16.1. The molecule has 0 aliphatic carbocycles. The van der Waals surface area contributed by atoms with E-state index in [2.05, 4.69) is 0 Å². The smallest absolute Gasteiger partial charge is 0.311 e. The highest BCUT2D eigenvalue weighted by Gasteiger charge is 2.57. The van der Waals surface area contributed by atoms with Gasteiger partial charge in [0, 0.05) is 6.42 Å². The predicted octanol–water partition coefficient (Wildman–Crippen LogP) is 1.67. The third-order valence-electron chi connectivity index (χ3n) is 4.58. The van der Waals surface area contributed by atoms with E-state index in [-0.39, 0.29) is 43.9 Å². The fraction of sp³-hybridized carbons (Fsp3) is 0.889. The van der Waals surface area contributed by atoms with Crippen molar-refractivity contribution in [2.45, 2.75) is 72.1 Å². The summed E-state index contributed by atoms with van der Waals surface area (Å²) >= 11 is 0. The first-order valence-electron chi connectivity index (χ1n) is 8.80. The van der Waals surface area contributed by atoms with Crippen molar-refractivity contribution in [2.24, 2.45) is 10.8 Å². The summed E-state index contributed by atoms with van der Waals surface area (Å²) in [5.74, 6) is -0.642. The van der Waals surface area contributed by atoms with Crippen LogP contribution in [0.3, 0.4) is 0 Å². The van der Waals surface area contributed by atoms with Gasteiger partial charge in [-0.1, -0.05) is 0 Å². The third-order valence-corrected chi connectivity index (χ3v) is 4.58. The van der Waals surface area contributed by atoms with Crippen molar-refractivity contribution in [3.63, 3.8) is 0 Å². The maximum Gasteiger partial charge on any atom is 0.311 e. The van der Waals surface area contributed by atoms with Gasteiger partial charge in [0.15, 0.2) is 0 Å². The Morgan fingerprint density at radius 3 is 1.92 bits per heavy atom. The fourth-order valence-electron chi connectivity index (χ4n) is 3.09. The van der Waals surface area contributed by atoms with E-state index in [0.717, 1.165) is 6.42 Å². The lowest BCUT2D eigenvalue weighted by molar-refractivity contribution is -0.206. The number of carbonyl (C=O) groups excluding carboxylic acids is 2. The average Bonchev–Trinajstić information content (AvgIpc) is 3.06. The van der Waals surface area contributed by atoms with Crippen LogP contribution in [0, 0.1) is 10.8 Å². The van der Waals surface area contributed by atoms with E-state index >= 15 is 0 Å². The molecule has 0 aromatic carbocycles. The topological polar surface area (TPSA) is 85.3 Å². The van der Waals surface area contributed by atoms with Gasteiger partial charge in [0.05, 0.1) is 29.6 Å². The Morgan fingerprint density at radius 2 is 1.56 bits per heavy atom. The molecule has 7 nitrogen and oxygen atoms in total. The van der Waals surface area contributed by atoms with Gasteiger partial charge in [-0.05, 0) is 48.0 Å². The van der Waals surface area contributed by atoms with E-state index in [0.29, 0.717) is 6.42 Å². The molecule has 0 aromatic rings. The van der Waals surface area contributed by atoms with Crippen LogP contribution in [0.25, 0.3) is 0 Å². The van der Waals surface area contributed by atoms with Crippen LogP contribution in [0.4, 0.5) is 0 Å². The van der Waals surface area contributed by atoms with Gasteiger partial charge >= 0.3 is 11.9 Å². The summed E-state index contributed by atoms with van der Waals surface area (Å²) in [7, 11) is 0. The second kappa shape index (κ2) is 6.85. The number of aliphatic hydroxyl groups excluding tert-OH is 1. The number of rotatable bonds is 5. The van der Waals surface area contributed by atoms with Gasteiger partial charge in [0.2, 0.25) is 0 Å². The molecule has 0 amide bonds. The molecule has 2 rings (SSSR count). The minimum atomic E-state index is -0.752. The molecular weight excluding hydrogens is 326 g/mol. The van der Waals surface area contributed by atoms with E-state index in [4.69, 9.17) is 14.3 Å². The number of hydrogen-bond donors (Lipinski definition) is 1. The lowest BCUT2D eigenvalue weighted by Gasteiger charge is -2.40. The van der Waals surface area contributed by atoms with E-state index in [9.17, 15) is 14.7 Å². The van der Waals surface area contributed by atoms with Crippen molar-refractivity contribution >= 4 is 11.9 Å². The van der Waals surface area contributed by atoms with Crippen LogP contribution in [-0.4, -0.2) is 59.6 Å². The van der Waals surface area contributed by atoms with Crippen LogP contribution in [0.2, 0.25) is 0 Å². The van der Waals surface area contributed by atoms with Gasteiger partial charge in [0.1, 0.15) is 18.8 Å². The van der Waals surface area contributed by atoms with Crippen molar-refractivity contribution in [3.05, 3.63) is 0 Å². The van der Waals surface area contributed by atoms with Gasteiger partial charge < -0.3 is 14.6 Å². The van der Waals surface area contributed by atoms with Crippen molar-refractivity contribution in [2.75, 3.05) is 19.8 Å². The number of nitrogens with zero attached hydrogens (tertiary/aromatic N) is 1. The van der Waals surface area contributed by atoms with Crippen LogP contribution in [0.5, 0.6) is 0 Å². The summed E-state index contributed by atoms with van der Waals surface area (Å²) in [4.78, 5) is 30.2. The number of piperidine rings is 1. The van der Waals surface area contributed by atoms with Crippen LogP contribution in [0.1, 0.15) is 54.4 Å². The van der Waals surface area contributed by atoms with Gasteiger partial charge in [0.25, 0.3) is 0 Å². The standard InChI is InChI=1S/C18H31NO6/c1-16(2,3)14(21)23-10-18(11-24-15(22)17(4,5)6)8-13-7-12(9-20)19(18)25-13/h12-13,20H,7-11H2,1-6H3/t12-,13-/m1/s1. The molecule has 1 N–H and O–H groups in total. The minimum Gasteiger partial charge on any atom is -0.463 e. The van der Waals surface area contributed by atoms with Crippen LogP contribution >= 0.6 is 0 Å². The summed E-state index contributed by atoms with van der Waals surface area (Å²) in [5.41, 5.74) is -1.99. The number of hydrogen-bond acceptors (Lipinski definition) is 7. The number of ether oxygens (including phenoxy) is 2. The number of hydroxylamine groups is 2. The van der Waals surface area contributed by atoms with E-state index in [1.54, 1.807) is 46.6 Å². The second-order valence-corrected chi connectivity index (χ2v) is 9.21. The molecule has 2 bridgehead atoms. The Bertz CT molecular complexity index is 489. The first kappa shape index (κ1) is 20.1. The molecule has 0 aromatic heterocycles. The highest BCUT2D eigenvalue weighted by molar-refractivity contribution is 5.76. The molecule has 2 aliphatic heterocycles. The summed E-state index contributed by atoms with van der Waals surface area (Å²) in [6.07, 6.45) is 1.26. The maximum absolute atomic E-state index is 12.2. The number of aliphatic hydroxyl groups is 1. The molecule has 25 heavy (non-hydrogen) atoms. The normalized spacial score (nSPS) is 28.0. The van der Waals surface area contributed by atoms with Gasteiger partial charge in [-0.2, -0.15) is 5.06 Å². The van der Waals surface area contributed by atoms with Crippen LogP contribution in [-0.2, 0) is 23.9 Å². The molecule has 144 valence electrons. The Kier molecular flexibility index (Phi) is 5.52. The molecule has 2 fully saturated rings. The Balaban J connectivity index is 2.13. The number of carbonyl (C=O) groups is 2. The van der Waals surface area contributed by atoms with E-state index in [1.165, 1.54) is 0 Å². The molecule has 0 spiro atoms. The van der Waals surface area contributed by atoms with Crippen LogP contribution < -0.4 is 0 Å². The van der Waals surface area contributed by atoms with E-state index in [1.807, 2.05) is 0 Å². The highest BCUT2D eigenvalue weighted by atomic mass is 16.7. The van der Waals surface area contributed by atoms with E-state index < -0.39 is 16.4 Å². The molecule has 3 atom stereocenters. The summed E-state index contributed by atoms with van der Waals surface area (Å²) in [5, 5.41) is 11.3. The first-order valence-corrected chi connectivity index (χ1v) is 8.80. The zero-order chi connectivity index (χ0) is 19.0. The minimum absolute atomic E-state index is 0.0566. The van der Waals surface area contributed by atoms with Crippen molar-refractivity contribution < 1.29 is 29.0 Å². The third kappa shape index (κ3) is 4.33. The Morgan fingerprint density at radius 1 is 1.08 bits per heavy atom. The fourth-order valence-corrected chi connectivity index (χ4v) is 3.09. The second-order valence-electron chi connectivity index (χ2n) is 9.21. The predicted molar refractivity (Wildman–Crippen MR) is 90.4 cm³/mol. The van der Waals surface area contributed by atoms with Crippen LogP contribution in [0.15, 0.2) is 0 Å². The number of fused-ring (bicyclic) bond motifs is 2. The Labute approximate surface area is 149 Å². The highest BCUT2D eigenvalue weighted by Crippen LogP contribution is 2.43. The van der Waals surface area contributed by atoms with Crippen molar-refractivity contribution in [1.29, 1.82) is 0 Å². The van der Waals surface area contributed by atoms with Crippen molar-refractivity contribution in [3.8, 4) is 0 Å².